The molecule has 0 aromatic rings. The first kappa shape index (κ1) is 8.78. The van der Waals surface area contributed by atoms with Crippen LogP contribution < -0.4 is 0 Å². The Labute approximate surface area is 73.5 Å². The zero-order chi connectivity index (χ0) is 8.43. The highest BCUT2D eigenvalue weighted by Crippen LogP contribution is 2.18. The molecule has 0 aromatic heterocycles. The molecule has 2 nitrogen and oxygen atoms in total. The van der Waals surface area contributed by atoms with Gasteiger partial charge in [0.2, 0.25) is 0 Å². The van der Waals surface area contributed by atoms with Crippen molar-refractivity contribution < 1.29 is 4.74 Å². The molecule has 1 aliphatic heterocycles. The molecule has 1 fully saturated rings. The fourth-order valence-electron chi connectivity index (χ4n) is 1.38. The summed E-state index contributed by atoms with van der Waals surface area (Å²) in [5, 5.41) is 0.672. The van der Waals surface area contributed by atoms with Crippen molar-refractivity contribution in [1.82, 2.24) is 4.90 Å². The second kappa shape index (κ2) is 3.39. The van der Waals surface area contributed by atoms with Crippen molar-refractivity contribution in [3.63, 3.8) is 0 Å². The Balaban J connectivity index is 2.61. The Morgan fingerprint density at radius 3 is 2.73 bits per heavy atom. The monoisotopic (exact) mass is 173 g/mol. The quantitative estimate of drug-likeness (QED) is 0.589. The van der Waals surface area contributed by atoms with Gasteiger partial charge in [-0.3, -0.25) is 0 Å². The van der Waals surface area contributed by atoms with Crippen molar-refractivity contribution in [2.24, 2.45) is 5.92 Å². The van der Waals surface area contributed by atoms with Crippen LogP contribution in [0.3, 0.4) is 0 Å². The van der Waals surface area contributed by atoms with Crippen molar-refractivity contribution in [2.45, 2.75) is 26.8 Å². The summed E-state index contributed by atoms with van der Waals surface area (Å²) in [6.45, 7) is 8.23. The van der Waals surface area contributed by atoms with Gasteiger partial charge in [0.25, 0.3) is 5.17 Å². The third-order valence-corrected chi connectivity index (χ3v) is 2.48. The number of thiocarbonyl (C=S) groups is 1. The van der Waals surface area contributed by atoms with E-state index in [4.69, 9.17) is 17.0 Å². The Kier molecular flexibility index (Phi) is 2.71. The third kappa shape index (κ3) is 1.64. The highest BCUT2D eigenvalue weighted by atomic mass is 32.1. The minimum absolute atomic E-state index is 0.493. The van der Waals surface area contributed by atoms with Crippen LogP contribution in [0.5, 0.6) is 0 Å². The van der Waals surface area contributed by atoms with Gasteiger partial charge >= 0.3 is 0 Å². The second-order valence-electron chi connectivity index (χ2n) is 3.17. The molecule has 0 radical (unpaired) electrons. The molecule has 0 spiro atoms. The maximum absolute atomic E-state index is 5.29. The lowest BCUT2D eigenvalue weighted by molar-refractivity contribution is 0.259. The van der Waals surface area contributed by atoms with Crippen molar-refractivity contribution in [3.8, 4) is 0 Å². The molecular weight excluding hydrogens is 158 g/mol. The fraction of sp³-hybridized carbons (Fsp3) is 0.875. The van der Waals surface area contributed by atoms with Gasteiger partial charge in [0, 0.05) is 6.54 Å². The number of rotatable bonds is 2. The smallest absolute Gasteiger partial charge is 0.259 e. The second-order valence-corrected chi connectivity index (χ2v) is 3.52. The summed E-state index contributed by atoms with van der Waals surface area (Å²) in [5.41, 5.74) is 0. The van der Waals surface area contributed by atoms with Gasteiger partial charge in [-0.2, -0.15) is 0 Å². The highest BCUT2D eigenvalue weighted by molar-refractivity contribution is 7.80. The summed E-state index contributed by atoms with van der Waals surface area (Å²) in [7, 11) is 0. The minimum Gasteiger partial charge on any atom is -0.469 e. The Morgan fingerprint density at radius 1 is 1.73 bits per heavy atom. The van der Waals surface area contributed by atoms with Crippen molar-refractivity contribution in [3.05, 3.63) is 0 Å². The first-order chi connectivity index (χ1) is 5.16. The molecule has 64 valence electrons. The largest absolute Gasteiger partial charge is 0.469 e. The maximum atomic E-state index is 5.29. The minimum atomic E-state index is 0.493. The molecule has 11 heavy (non-hydrogen) atoms. The van der Waals surface area contributed by atoms with Crippen LogP contribution in [0.2, 0.25) is 0 Å². The summed E-state index contributed by atoms with van der Waals surface area (Å²) >= 11 is 5.04. The van der Waals surface area contributed by atoms with E-state index in [9.17, 15) is 0 Å². The van der Waals surface area contributed by atoms with E-state index < -0.39 is 0 Å². The van der Waals surface area contributed by atoms with Gasteiger partial charge in [-0.25, -0.2) is 0 Å². The number of ether oxygens (including phenoxy) is 1. The molecular formula is C8H15NOS. The zero-order valence-electron chi connectivity index (χ0n) is 7.33. The molecule has 0 saturated carbocycles. The SMILES string of the molecule is CCN1C(=S)OC[C@H]1C(C)C. The fourth-order valence-corrected chi connectivity index (χ4v) is 1.71. The highest BCUT2D eigenvalue weighted by Gasteiger charge is 2.30. The van der Waals surface area contributed by atoms with E-state index in [0.29, 0.717) is 17.1 Å². The van der Waals surface area contributed by atoms with Crippen molar-refractivity contribution in [1.29, 1.82) is 0 Å². The number of hydrogen-bond acceptors (Lipinski definition) is 2. The van der Waals surface area contributed by atoms with E-state index in [-0.39, 0.29) is 0 Å². The molecule has 0 aromatic carbocycles. The summed E-state index contributed by atoms with van der Waals surface area (Å²) in [4.78, 5) is 2.15. The average molecular weight is 173 g/mol. The average Bonchev–Trinajstić information content (AvgIpc) is 2.30. The summed E-state index contributed by atoms with van der Waals surface area (Å²) in [5.74, 6) is 0.621. The van der Waals surface area contributed by atoms with Gasteiger partial charge < -0.3 is 9.64 Å². The lowest BCUT2D eigenvalue weighted by Crippen LogP contribution is -2.36. The Hall–Kier alpha value is -0.310. The Morgan fingerprint density at radius 2 is 2.36 bits per heavy atom. The molecule has 1 saturated heterocycles. The van der Waals surface area contributed by atoms with Gasteiger partial charge in [0.05, 0.1) is 6.04 Å². The van der Waals surface area contributed by atoms with Gasteiger partial charge in [-0.05, 0) is 25.1 Å². The van der Waals surface area contributed by atoms with E-state index in [1.54, 1.807) is 0 Å². The summed E-state index contributed by atoms with van der Waals surface area (Å²) < 4.78 is 5.29. The first-order valence-corrected chi connectivity index (χ1v) is 4.51. The van der Waals surface area contributed by atoms with Gasteiger partial charge in [0.15, 0.2) is 0 Å². The van der Waals surface area contributed by atoms with Crippen LogP contribution in [-0.4, -0.2) is 29.3 Å². The van der Waals surface area contributed by atoms with Crippen LogP contribution in [0, 0.1) is 5.92 Å². The molecule has 0 amide bonds. The molecule has 1 rings (SSSR count). The molecule has 0 unspecified atom stereocenters. The van der Waals surface area contributed by atoms with E-state index in [2.05, 4.69) is 25.7 Å². The van der Waals surface area contributed by atoms with Crippen LogP contribution in [0.15, 0.2) is 0 Å². The van der Waals surface area contributed by atoms with E-state index >= 15 is 0 Å². The van der Waals surface area contributed by atoms with E-state index in [1.807, 2.05) is 0 Å². The van der Waals surface area contributed by atoms with Crippen LogP contribution in [-0.2, 0) is 4.74 Å². The number of likely N-dealkylation sites (N-methyl/N-ethyl adjacent to an activating group) is 1. The predicted molar refractivity (Wildman–Crippen MR) is 49.6 cm³/mol. The standard InChI is InChI=1S/C8H15NOS/c1-4-9-7(6(2)3)5-10-8(9)11/h6-7H,4-5H2,1-3H3/t7-/m0/s1. The molecule has 0 bridgehead atoms. The lowest BCUT2D eigenvalue weighted by atomic mass is 10.1. The molecule has 1 heterocycles. The lowest BCUT2D eigenvalue weighted by Gasteiger charge is -2.23. The molecule has 1 atom stereocenters. The third-order valence-electron chi connectivity index (χ3n) is 2.12. The molecule has 0 N–H and O–H groups in total. The summed E-state index contributed by atoms with van der Waals surface area (Å²) in [6.07, 6.45) is 0. The number of nitrogens with zero attached hydrogens (tertiary/aromatic N) is 1. The zero-order valence-corrected chi connectivity index (χ0v) is 8.15. The molecule has 1 aliphatic rings. The van der Waals surface area contributed by atoms with Crippen LogP contribution in [0.4, 0.5) is 0 Å². The van der Waals surface area contributed by atoms with Crippen molar-refractivity contribution >= 4 is 17.4 Å². The number of hydrogen-bond donors (Lipinski definition) is 0. The molecule has 0 aliphatic carbocycles. The van der Waals surface area contributed by atoms with E-state index in [0.717, 1.165) is 13.2 Å². The van der Waals surface area contributed by atoms with E-state index in [1.165, 1.54) is 0 Å². The Bertz CT molecular complexity index is 158. The van der Waals surface area contributed by atoms with Crippen LogP contribution >= 0.6 is 12.2 Å². The van der Waals surface area contributed by atoms with Gasteiger partial charge in [0.1, 0.15) is 6.61 Å². The van der Waals surface area contributed by atoms with Gasteiger partial charge in [-0.1, -0.05) is 13.8 Å². The van der Waals surface area contributed by atoms with Gasteiger partial charge in [-0.15, -0.1) is 0 Å². The molecule has 3 heteroatoms. The predicted octanol–water partition coefficient (Wildman–Crippen LogP) is 1.65. The normalized spacial score (nSPS) is 24.5. The summed E-state index contributed by atoms with van der Waals surface area (Å²) in [6, 6.07) is 0.493. The van der Waals surface area contributed by atoms with Crippen LogP contribution in [0.25, 0.3) is 0 Å². The maximum Gasteiger partial charge on any atom is 0.259 e. The first-order valence-electron chi connectivity index (χ1n) is 4.10. The topological polar surface area (TPSA) is 12.5 Å². The van der Waals surface area contributed by atoms with Crippen molar-refractivity contribution in [2.75, 3.05) is 13.2 Å². The van der Waals surface area contributed by atoms with Crippen LogP contribution in [0.1, 0.15) is 20.8 Å².